The molecule has 3 rings (SSSR count). The number of anilines is 1. The molecule has 1 aliphatic heterocycles. The van der Waals surface area contributed by atoms with Crippen molar-refractivity contribution in [3.8, 4) is 5.75 Å². The number of nitrogens with zero attached hydrogens (tertiary/aromatic N) is 1. The Kier molecular flexibility index (Phi) is 5.98. The minimum atomic E-state index is -3.73. The van der Waals surface area contributed by atoms with E-state index in [0.29, 0.717) is 23.8 Å². The van der Waals surface area contributed by atoms with Crippen molar-refractivity contribution in [2.24, 2.45) is 0 Å². The number of halogens is 1. The number of sulfonamides is 1. The SMILES string of the molecule is COc1ccc(C(=O)Nc2c(C)cc(C)cc2Cl)cc1S(=O)(=O)N1CCCC1. The lowest BCUT2D eigenvalue weighted by Crippen LogP contribution is -2.28. The standard InChI is InChI=1S/C20H23ClN2O4S/c1-13-10-14(2)19(16(21)11-13)22-20(24)15-6-7-17(27-3)18(12-15)28(25,26)23-8-4-5-9-23/h6-7,10-12H,4-5,8-9H2,1-3H3,(H,22,24). The number of carbonyl (C=O) groups is 1. The van der Waals surface area contributed by atoms with Crippen LogP contribution in [0.25, 0.3) is 0 Å². The highest BCUT2D eigenvalue weighted by Gasteiger charge is 2.30. The summed E-state index contributed by atoms with van der Waals surface area (Å²) in [7, 11) is -2.32. The molecule has 150 valence electrons. The van der Waals surface area contributed by atoms with Crippen molar-refractivity contribution < 1.29 is 17.9 Å². The van der Waals surface area contributed by atoms with E-state index in [1.165, 1.54) is 29.6 Å². The zero-order valence-corrected chi connectivity index (χ0v) is 17.7. The minimum Gasteiger partial charge on any atom is -0.495 e. The molecule has 1 aliphatic rings. The van der Waals surface area contributed by atoms with Crippen LogP contribution in [0.3, 0.4) is 0 Å². The van der Waals surface area contributed by atoms with Crippen molar-refractivity contribution >= 4 is 33.2 Å². The van der Waals surface area contributed by atoms with Crippen LogP contribution in [0.1, 0.15) is 34.3 Å². The van der Waals surface area contributed by atoms with E-state index in [-0.39, 0.29) is 16.2 Å². The van der Waals surface area contributed by atoms with Crippen LogP contribution in [0.2, 0.25) is 5.02 Å². The molecule has 1 amide bonds. The highest BCUT2D eigenvalue weighted by molar-refractivity contribution is 7.89. The average Bonchev–Trinajstić information content (AvgIpc) is 3.19. The minimum absolute atomic E-state index is 0.00345. The smallest absolute Gasteiger partial charge is 0.255 e. The molecular formula is C20H23ClN2O4S. The Hall–Kier alpha value is -2.09. The average molecular weight is 423 g/mol. The third-order valence-electron chi connectivity index (χ3n) is 4.78. The van der Waals surface area contributed by atoms with Crippen LogP contribution in [0.15, 0.2) is 35.2 Å². The van der Waals surface area contributed by atoms with Gasteiger partial charge in [-0.15, -0.1) is 0 Å². The number of aryl methyl sites for hydroxylation is 2. The van der Waals surface area contributed by atoms with Crippen molar-refractivity contribution in [2.75, 3.05) is 25.5 Å². The third kappa shape index (κ3) is 4.01. The van der Waals surface area contributed by atoms with Crippen molar-refractivity contribution in [3.05, 3.63) is 52.0 Å². The molecule has 8 heteroatoms. The van der Waals surface area contributed by atoms with Gasteiger partial charge in [-0.3, -0.25) is 4.79 Å². The first-order valence-corrected chi connectivity index (χ1v) is 10.8. The molecule has 2 aromatic rings. The quantitative estimate of drug-likeness (QED) is 0.790. The largest absolute Gasteiger partial charge is 0.495 e. The number of rotatable bonds is 5. The molecule has 28 heavy (non-hydrogen) atoms. The number of amides is 1. The van der Waals surface area contributed by atoms with Gasteiger partial charge in [0.05, 0.1) is 17.8 Å². The Labute approximate surface area is 170 Å². The summed E-state index contributed by atoms with van der Waals surface area (Å²) < 4.78 is 32.6. The number of benzene rings is 2. The topological polar surface area (TPSA) is 75.7 Å². The van der Waals surface area contributed by atoms with E-state index < -0.39 is 15.9 Å². The molecule has 1 fully saturated rings. The van der Waals surface area contributed by atoms with Gasteiger partial charge in [-0.25, -0.2) is 8.42 Å². The molecule has 2 aromatic carbocycles. The maximum absolute atomic E-state index is 13.0. The molecule has 0 bridgehead atoms. The first-order valence-electron chi connectivity index (χ1n) is 9.00. The van der Waals surface area contributed by atoms with Gasteiger partial charge in [-0.05, 0) is 62.1 Å². The number of hydrogen-bond donors (Lipinski definition) is 1. The van der Waals surface area contributed by atoms with Crippen LogP contribution >= 0.6 is 11.6 Å². The molecule has 0 atom stereocenters. The molecule has 6 nitrogen and oxygen atoms in total. The van der Waals surface area contributed by atoms with Gasteiger partial charge >= 0.3 is 0 Å². The van der Waals surface area contributed by atoms with Crippen molar-refractivity contribution in [2.45, 2.75) is 31.6 Å². The van der Waals surface area contributed by atoms with Crippen LogP contribution < -0.4 is 10.1 Å². The molecule has 1 saturated heterocycles. The van der Waals surface area contributed by atoms with Gasteiger partial charge in [-0.2, -0.15) is 4.31 Å². The van der Waals surface area contributed by atoms with E-state index in [0.717, 1.165) is 24.0 Å². The van der Waals surface area contributed by atoms with Gasteiger partial charge in [0.2, 0.25) is 10.0 Å². The highest BCUT2D eigenvalue weighted by atomic mass is 35.5. The van der Waals surface area contributed by atoms with Crippen LogP contribution in [-0.2, 0) is 10.0 Å². The number of hydrogen-bond acceptors (Lipinski definition) is 4. The lowest BCUT2D eigenvalue weighted by molar-refractivity contribution is 0.102. The molecule has 0 saturated carbocycles. The summed E-state index contributed by atoms with van der Waals surface area (Å²) in [6.07, 6.45) is 1.65. The highest BCUT2D eigenvalue weighted by Crippen LogP contribution is 2.31. The normalized spacial score (nSPS) is 14.9. The maximum Gasteiger partial charge on any atom is 0.255 e. The summed E-state index contributed by atoms with van der Waals surface area (Å²) in [5.41, 5.74) is 2.55. The Balaban J connectivity index is 1.96. The summed E-state index contributed by atoms with van der Waals surface area (Å²) >= 11 is 6.27. The van der Waals surface area contributed by atoms with E-state index in [4.69, 9.17) is 16.3 Å². The van der Waals surface area contributed by atoms with E-state index in [1.807, 2.05) is 19.9 Å². The molecule has 0 radical (unpaired) electrons. The first kappa shape index (κ1) is 20.6. The number of methoxy groups -OCH3 is 1. The zero-order chi connectivity index (χ0) is 20.5. The predicted octanol–water partition coefficient (Wildman–Crippen LogP) is 4.00. The fraction of sp³-hybridized carbons (Fsp3) is 0.350. The molecule has 0 aliphatic carbocycles. The Bertz CT molecular complexity index is 992. The van der Waals surface area contributed by atoms with Crippen LogP contribution in [0.5, 0.6) is 5.75 Å². The number of nitrogens with one attached hydrogen (secondary N) is 1. The molecule has 1 heterocycles. The van der Waals surface area contributed by atoms with Crippen LogP contribution in [0, 0.1) is 13.8 Å². The fourth-order valence-corrected chi connectivity index (χ4v) is 5.41. The van der Waals surface area contributed by atoms with E-state index in [9.17, 15) is 13.2 Å². The monoisotopic (exact) mass is 422 g/mol. The molecule has 0 aromatic heterocycles. The molecule has 0 unspecified atom stereocenters. The van der Waals surface area contributed by atoms with Crippen molar-refractivity contribution in [1.82, 2.24) is 4.31 Å². The Morgan fingerprint density at radius 1 is 1.14 bits per heavy atom. The second kappa shape index (κ2) is 8.11. The van der Waals surface area contributed by atoms with Gasteiger partial charge < -0.3 is 10.1 Å². The second-order valence-corrected chi connectivity index (χ2v) is 9.18. The van der Waals surface area contributed by atoms with Crippen LogP contribution in [-0.4, -0.2) is 38.8 Å². The van der Waals surface area contributed by atoms with Crippen LogP contribution in [0.4, 0.5) is 5.69 Å². The number of carbonyl (C=O) groups excluding carboxylic acids is 1. The molecular weight excluding hydrogens is 400 g/mol. The Morgan fingerprint density at radius 3 is 2.43 bits per heavy atom. The van der Waals surface area contributed by atoms with E-state index >= 15 is 0 Å². The van der Waals surface area contributed by atoms with E-state index in [1.54, 1.807) is 6.07 Å². The van der Waals surface area contributed by atoms with Gasteiger partial charge in [0.15, 0.2) is 0 Å². The lowest BCUT2D eigenvalue weighted by Gasteiger charge is -2.18. The van der Waals surface area contributed by atoms with E-state index in [2.05, 4.69) is 5.32 Å². The first-order chi connectivity index (χ1) is 13.2. The van der Waals surface area contributed by atoms with Crippen molar-refractivity contribution in [3.63, 3.8) is 0 Å². The van der Waals surface area contributed by atoms with Gasteiger partial charge in [0.25, 0.3) is 5.91 Å². The Morgan fingerprint density at radius 2 is 1.82 bits per heavy atom. The summed E-state index contributed by atoms with van der Waals surface area (Å²) in [6.45, 7) is 4.72. The third-order valence-corrected chi connectivity index (χ3v) is 7.00. The maximum atomic E-state index is 13.0. The van der Waals surface area contributed by atoms with Gasteiger partial charge in [0, 0.05) is 18.7 Å². The van der Waals surface area contributed by atoms with Crippen molar-refractivity contribution in [1.29, 1.82) is 0 Å². The summed E-state index contributed by atoms with van der Waals surface area (Å²) in [4.78, 5) is 12.8. The fourth-order valence-electron chi connectivity index (χ4n) is 3.35. The second-order valence-electron chi connectivity index (χ2n) is 6.87. The zero-order valence-electron chi connectivity index (χ0n) is 16.1. The number of ether oxygens (including phenoxy) is 1. The summed E-state index contributed by atoms with van der Waals surface area (Å²) in [5, 5.41) is 3.22. The van der Waals surface area contributed by atoms with Gasteiger partial charge in [-0.1, -0.05) is 17.7 Å². The lowest BCUT2D eigenvalue weighted by atomic mass is 10.1. The molecule has 1 N–H and O–H groups in total. The van der Waals surface area contributed by atoms with Gasteiger partial charge in [0.1, 0.15) is 10.6 Å². The summed E-state index contributed by atoms with van der Waals surface area (Å²) in [5.74, 6) is -0.220. The summed E-state index contributed by atoms with van der Waals surface area (Å²) in [6, 6.07) is 8.08. The molecule has 0 spiro atoms. The predicted molar refractivity (Wildman–Crippen MR) is 110 cm³/mol.